The van der Waals surface area contributed by atoms with Gasteiger partial charge in [-0.05, 0) is 174 Å². The summed E-state index contributed by atoms with van der Waals surface area (Å²) in [5, 5.41) is 11.6. The van der Waals surface area contributed by atoms with Crippen molar-refractivity contribution in [2.24, 2.45) is 0 Å². The molecule has 0 radical (unpaired) electrons. The van der Waals surface area contributed by atoms with Crippen LogP contribution in [0.5, 0.6) is 0 Å². The lowest BCUT2D eigenvalue weighted by Gasteiger charge is -2.32. The first-order valence-corrected chi connectivity index (χ1v) is 30.0. The second-order valence-corrected chi connectivity index (χ2v) is 23.9. The SMILES string of the molecule is CC1(C)OB(c2ccc3oc4ccccc4c3c2)OC1(C)C.[2H]c1c([2H])c([2H])c(-c2c3ccccc3c(-c3ccc(-c4ccc5oc6ccccc6c5c4)cc3)c3ccccc23)c([2H])c1[2H].[2H]c1c([2H])c([2H])c(-c2c3ccccc3c(-c3ccc(Br)cc3)c3ccccc23)c([2H])c1[2H]. The van der Waals surface area contributed by atoms with E-state index in [1.165, 1.54) is 0 Å². The summed E-state index contributed by atoms with van der Waals surface area (Å²) in [4.78, 5) is 0. The smallest absolute Gasteiger partial charge is 0.456 e. The summed E-state index contributed by atoms with van der Waals surface area (Å²) in [5.41, 5.74) is 12.0. The molecule has 1 aliphatic rings. The molecular formula is C82H60BBrO4. The van der Waals surface area contributed by atoms with Gasteiger partial charge < -0.3 is 18.1 Å². The van der Waals surface area contributed by atoms with Gasteiger partial charge in [-0.15, -0.1) is 0 Å². The van der Waals surface area contributed by atoms with Crippen LogP contribution in [0.15, 0.2) is 304 Å². The lowest BCUT2D eigenvalue weighted by atomic mass is 9.78. The Morgan fingerprint density at radius 2 is 0.602 bits per heavy atom. The van der Waals surface area contributed by atoms with Crippen LogP contribution in [0.3, 0.4) is 0 Å². The zero-order chi connectivity index (χ0) is 68.2. The van der Waals surface area contributed by atoms with Crippen molar-refractivity contribution in [3.8, 4) is 55.6 Å². The van der Waals surface area contributed by atoms with E-state index < -0.39 is 6.04 Å². The third kappa shape index (κ3) is 9.84. The third-order valence-corrected chi connectivity index (χ3v) is 17.8. The molecule has 0 spiro atoms. The van der Waals surface area contributed by atoms with Crippen molar-refractivity contribution < 1.29 is 31.9 Å². The van der Waals surface area contributed by atoms with Gasteiger partial charge in [-0.25, -0.2) is 0 Å². The average Bonchev–Trinajstić information content (AvgIpc) is 1.13. The van der Waals surface area contributed by atoms with Crippen molar-refractivity contribution in [3.05, 3.63) is 295 Å². The molecule has 16 aromatic rings. The van der Waals surface area contributed by atoms with Gasteiger partial charge in [0.2, 0.25) is 0 Å². The summed E-state index contributed by atoms with van der Waals surface area (Å²) in [5.74, 6) is 0. The molecule has 4 nitrogen and oxygen atoms in total. The van der Waals surface area contributed by atoms with Crippen LogP contribution in [-0.2, 0) is 9.31 Å². The molecule has 0 unspecified atom stereocenters. The van der Waals surface area contributed by atoms with Crippen LogP contribution in [0.4, 0.5) is 0 Å². The first-order chi connectivity index (χ1) is 47.2. The fourth-order valence-corrected chi connectivity index (χ4v) is 12.7. The summed E-state index contributed by atoms with van der Waals surface area (Å²) in [6.07, 6.45) is 0. The normalized spacial score (nSPS) is 15.2. The van der Waals surface area contributed by atoms with Gasteiger partial charge in [-0.3, -0.25) is 0 Å². The molecule has 0 atom stereocenters. The summed E-state index contributed by atoms with van der Waals surface area (Å²) in [7, 11) is -0.344. The Morgan fingerprint density at radius 3 is 1.01 bits per heavy atom. The van der Waals surface area contributed by atoms with Crippen LogP contribution in [-0.4, -0.2) is 18.3 Å². The minimum Gasteiger partial charge on any atom is -0.456 e. The summed E-state index contributed by atoms with van der Waals surface area (Å²) in [6.45, 7) is 8.27. The molecule has 0 N–H and O–H groups in total. The van der Waals surface area contributed by atoms with Crippen LogP contribution in [0.2, 0.25) is 0 Å². The lowest BCUT2D eigenvalue weighted by Crippen LogP contribution is -2.41. The molecule has 1 aliphatic heterocycles. The maximum absolute atomic E-state index is 8.75. The Hall–Kier alpha value is -9.82. The summed E-state index contributed by atoms with van der Waals surface area (Å²) >= 11 is 3.50. The van der Waals surface area contributed by atoms with E-state index in [0.717, 1.165) is 130 Å². The molecule has 17 rings (SSSR count). The zero-order valence-corrected chi connectivity index (χ0v) is 50.1. The van der Waals surface area contributed by atoms with Crippen molar-refractivity contribution in [1.29, 1.82) is 0 Å². The Balaban J connectivity index is 0.000000127. The summed E-state index contributed by atoms with van der Waals surface area (Å²) < 4.78 is 109. The van der Waals surface area contributed by atoms with Crippen molar-refractivity contribution >= 4 is 115 Å². The minimum absolute atomic E-state index is 0.192. The molecule has 1 fully saturated rings. The number of para-hydroxylation sites is 2. The van der Waals surface area contributed by atoms with E-state index in [1.807, 2.05) is 164 Å². The maximum Gasteiger partial charge on any atom is 0.494 e. The van der Waals surface area contributed by atoms with Gasteiger partial charge >= 0.3 is 7.12 Å². The van der Waals surface area contributed by atoms with Crippen LogP contribution < -0.4 is 5.46 Å². The van der Waals surface area contributed by atoms with E-state index in [-0.39, 0.29) is 83.8 Å². The number of benzene rings is 14. The molecule has 0 amide bonds. The highest BCUT2D eigenvalue weighted by molar-refractivity contribution is 9.10. The largest absolute Gasteiger partial charge is 0.494 e. The first-order valence-electron chi connectivity index (χ1n) is 34.3. The molecule has 6 heteroatoms. The minimum atomic E-state index is -0.394. The van der Waals surface area contributed by atoms with Gasteiger partial charge in [0.15, 0.2) is 0 Å². The quantitative estimate of drug-likeness (QED) is 0.123. The Kier molecular flexibility index (Phi) is 11.4. The van der Waals surface area contributed by atoms with E-state index in [4.69, 9.17) is 31.9 Å². The molecule has 0 aliphatic carbocycles. The molecular weight excluding hydrogens is 1140 g/mol. The van der Waals surface area contributed by atoms with Gasteiger partial charge in [0.25, 0.3) is 0 Å². The molecule has 88 heavy (non-hydrogen) atoms. The highest BCUT2D eigenvalue weighted by Gasteiger charge is 2.51. The Morgan fingerprint density at radius 1 is 0.295 bits per heavy atom. The van der Waals surface area contributed by atoms with Gasteiger partial charge in [-0.1, -0.05) is 264 Å². The number of fused-ring (bicyclic) bond motifs is 10. The highest BCUT2D eigenvalue weighted by Crippen LogP contribution is 2.46. The predicted octanol–water partition coefficient (Wildman–Crippen LogP) is 22.9. The van der Waals surface area contributed by atoms with E-state index in [1.54, 1.807) is 0 Å². The fourth-order valence-electron chi connectivity index (χ4n) is 12.4. The molecule has 1 saturated heterocycles. The zero-order valence-electron chi connectivity index (χ0n) is 58.5. The summed E-state index contributed by atoms with van der Waals surface area (Å²) in [6, 6.07) is 73.9. The number of hydrogen-bond donors (Lipinski definition) is 0. The molecule has 0 saturated carbocycles. The van der Waals surface area contributed by atoms with Crippen LogP contribution in [0.1, 0.15) is 41.4 Å². The average molecular weight is 1210 g/mol. The second kappa shape index (κ2) is 22.5. The maximum atomic E-state index is 8.75. The van der Waals surface area contributed by atoms with Gasteiger partial charge in [0.1, 0.15) is 22.3 Å². The van der Waals surface area contributed by atoms with Crippen LogP contribution >= 0.6 is 15.9 Å². The van der Waals surface area contributed by atoms with Crippen molar-refractivity contribution in [3.63, 3.8) is 0 Å². The third-order valence-electron chi connectivity index (χ3n) is 17.3. The van der Waals surface area contributed by atoms with Crippen molar-refractivity contribution in [1.82, 2.24) is 0 Å². The van der Waals surface area contributed by atoms with E-state index in [0.29, 0.717) is 11.1 Å². The highest BCUT2D eigenvalue weighted by atomic mass is 79.9. The number of hydrogen-bond acceptors (Lipinski definition) is 4. The number of rotatable bonds is 6. The molecule has 2 aromatic heterocycles. The number of halogens is 1. The molecule has 422 valence electrons. The second-order valence-electron chi connectivity index (χ2n) is 23.0. The van der Waals surface area contributed by atoms with Gasteiger partial charge in [0, 0.05) is 26.0 Å². The molecule has 14 aromatic carbocycles. The monoisotopic (exact) mass is 1210 g/mol. The molecule has 0 bridgehead atoms. The first kappa shape index (κ1) is 44.6. The van der Waals surface area contributed by atoms with E-state index >= 15 is 0 Å². The van der Waals surface area contributed by atoms with Crippen LogP contribution in [0, 0.1) is 0 Å². The lowest BCUT2D eigenvalue weighted by molar-refractivity contribution is 0.00578. The standard InChI is InChI=1S/C38H24O.C26H17Br.C18H19BO3/c1-2-10-26(11-3-1)37-30-13-4-6-15-32(30)38(33-16-7-5-14-31(33)37)27-20-18-25(19-21-27)28-22-23-36-34(24-28)29-12-8-9-17-35(29)39-36;27-20-16-14-19(15-17-20)26-23-12-6-4-10-21(23)25(18-8-2-1-3-9-18)22-11-5-7-13-24(22)26;1-17(2)18(3,4)22-19(21-17)12-9-10-16-14(11-12)13-7-5-6-8-15(13)20-16/h1-24H;1-17H;5-11H,1-4H3/i1D,2D,3D,10D,11D;1D,2D,3D,8D,9D;. The van der Waals surface area contributed by atoms with Crippen molar-refractivity contribution in [2.75, 3.05) is 0 Å². The van der Waals surface area contributed by atoms with Crippen LogP contribution in [0.25, 0.3) is 143 Å². The number of furan rings is 2. The van der Waals surface area contributed by atoms with Crippen molar-refractivity contribution in [2.45, 2.75) is 38.9 Å². The van der Waals surface area contributed by atoms with Gasteiger partial charge in [0.05, 0.1) is 24.9 Å². The predicted molar refractivity (Wildman–Crippen MR) is 375 cm³/mol. The van der Waals surface area contributed by atoms with E-state index in [9.17, 15) is 0 Å². The van der Waals surface area contributed by atoms with E-state index in [2.05, 4.69) is 110 Å². The topological polar surface area (TPSA) is 44.7 Å². The Labute approximate surface area is 534 Å². The fraction of sp³-hybridized carbons (Fsp3) is 0.0732. The Bertz CT molecular complexity index is 5740. The molecule has 3 heterocycles. The van der Waals surface area contributed by atoms with Gasteiger partial charge in [-0.2, -0.15) is 0 Å².